The Morgan fingerprint density at radius 1 is 1.39 bits per heavy atom. The molecule has 0 aliphatic heterocycles. The zero-order chi connectivity index (χ0) is 17.1. The molecular formula is C17H34N4O2. The number of rotatable bonds is 11. The van der Waals surface area contributed by atoms with Gasteiger partial charge in [0.05, 0.1) is 13.2 Å². The quantitative estimate of drug-likeness (QED) is 0.344. The Balaban J connectivity index is 2.27. The van der Waals surface area contributed by atoms with Crippen molar-refractivity contribution in [2.24, 2.45) is 10.9 Å². The molecule has 1 aliphatic rings. The molecule has 6 heteroatoms. The van der Waals surface area contributed by atoms with Gasteiger partial charge in [-0.05, 0) is 39.0 Å². The fraction of sp³-hybridized carbons (Fsp3) is 0.882. The Bertz CT molecular complexity index is 370. The maximum absolute atomic E-state index is 11.8. The lowest BCUT2D eigenvalue weighted by molar-refractivity contribution is -0.121. The first kappa shape index (κ1) is 19.7. The number of ether oxygens (including phenoxy) is 1. The van der Waals surface area contributed by atoms with E-state index in [1.165, 1.54) is 12.8 Å². The van der Waals surface area contributed by atoms with Crippen LogP contribution in [0.15, 0.2) is 4.99 Å². The zero-order valence-corrected chi connectivity index (χ0v) is 15.2. The first-order chi connectivity index (χ1) is 11.1. The largest absolute Gasteiger partial charge is 0.379 e. The molecule has 0 aromatic heterocycles. The number of nitrogens with zero attached hydrogens (tertiary/aromatic N) is 2. The van der Waals surface area contributed by atoms with E-state index in [0.29, 0.717) is 19.6 Å². The zero-order valence-electron chi connectivity index (χ0n) is 15.2. The maximum Gasteiger partial charge on any atom is 0.222 e. The van der Waals surface area contributed by atoms with E-state index < -0.39 is 0 Å². The Morgan fingerprint density at radius 3 is 2.74 bits per heavy atom. The van der Waals surface area contributed by atoms with E-state index in [0.717, 1.165) is 38.0 Å². The number of aliphatic imine (C=N–C) groups is 1. The molecule has 2 N–H and O–H groups in total. The van der Waals surface area contributed by atoms with Gasteiger partial charge in [-0.3, -0.25) is 9.79 Å². The van der Waals surface area contributed by atoms with Crippen LogP contribution in [0.4, 0.5) is 0 Å². The Labute approximate surface area is 141 Å². The summed E-state index contributed by atoms with van der Waals surface area (Å²) in [5.74, 6) is 1.69. The number of nitrogens with one attached hydrogen (secondary N) is 2. The first-order valence-corrected chi connectivity index (χ1v) is 8.93. The lowest BCUT2D eigenvalue weighted by Gasteiger charge is -2.22. The summed E-state index contributed by atoms with van der Waals surface area (Å²) in [5, 5.41) is 6.22. The molecule has 23 heavy (non-hydrogen) atoms. The van der Waals surface area contributed by atoms with Crippen molar-refractivity contribution in [3.63, 3.8) is 0 Å². The fourth-order valence-corrected chi connectivity index (χ4v) is 2.02. The van der Waals surface area contributed by atoms with Crippen molar-refractivity contribution >= 4 is 11.9 Å². The minimum absolute atomic E-state index is 0.0642. The van der Waals surface area contributed by atoms with Gasteiger partial charge in [0.25, 0.3) is 0 Å². The van der Waals surface area contributed by atoms with Gasteiger partial charge in [-0.1, -0.05) is 6.92 Å². The third kappa shape index (κ3) is 9.43. The average Bonchev–Trinajstić information content (AvgIpc) is 3.34. The van der Waals surface area contributed by atoms with Crippen LogP contribution >= 0.6 is 0 Å². The predicted octanol–water partition coefficient (Wildman–Crippen LogP) is 1.62. The van der Waals surface area contributed by atoms with Crippen LogP contribution in [0.3, 0.4) is 0 Å². The standard InChI is InChI=1S/C17H34N4O2/c1-5-14(3)20-16(22)9-10-19-17(18-6-2)21(4)11-12-23-13-15-7-8-15/h14-15H,5-13H2,1-4H3,(H,18,19)(H,20,22). The van der Waals surface area contributed by atoms with Crippen molar-refractivity contribution in [3.8, 4) is 0 Å². The molecule has 1 aliphatic carbocycles. The van der Waals surface area contributed by atoms with Crippen LogP contribution < -0.4 is 10.6 Å². The topological polar surface area (TPSA) is 66.0 Å². The summed E-state index contributed by atoms with van der Waals surface area (Å²) in [6.07, 6.45) is 4.00. The average molecular weight is 326 g/mol. The second-order valence-electron chi connectivity index (χ2n) is 6.30. The molecule has 0 spiro atoms. The minimum atomic E-state index is 0.0642. The molecule has 1 amide bonds. The number of hydrogen-bond acceptors (Lipinski definition) is 3. The van der Waals surface area contributed by atoms with Gasteiger partial charge in [0.1, 0.15) is 0 Å². The SMILES string of the molecule is CCNC(=NCCC(=O)NC(C)CC)N(C)CCOCC1CC1. The van der Waals surface area contributed by atoms with Crippen LogP contribution in [0.1, 0.15) is 46.5 Å². The summed E-state index contributed by atoms with van der Waals surface area (Å²) >= 11 is 0. The monoisotopic (exact) mass is 326 g/mol. The van der Waals surface area contributed by atoms with Crippen LogP contribution in [0.2, 0.25) is 0 Å². The first-order valence-electron chi connectivity index (χ1n) is 8.93. The van der Waals surface area contributed by atoms with Crippen LogP contribution in [0.5, 0.6) is 0 Å². The number of carbonyl (C=O) groups excluding carboxylic acids is 1. The molecule has 1 unspecified atom stereocenters. The molecule has 6 nitrogen and oxygen atoms in total. The van der Waals surface area contributed by atoms with Gasteiger partial charge in [-0.25, -0.2) is 0 Å². The van der Waals surface area contributed by atoms with Gasteiger partial charge in [0.2, 0.25) is 5.91 Å². The van der Waals surface area contributed by atoms with Crippen molar-refractivity contribution in [1.82, 2.24) is 15.5 Å². The van der Waals surface area contributed by atoms with Gasteiger partial charge >= 0.3 is 0 Å². The molecule has 0 aromatic rings. The van der Waals surface area contributed by atoms with E-state index in [1.54, 1.807) is 0 Å². The van der Waals surface area contributed by atoms with Gasteiger partial charge in [-0.15, -0.1) is 0 Å². The Morgan fingerprint density at radius 2 is 2.13 bits per heavy atom. The normalized spacial score (nSPS) is 16.1. The summed E-state index contributed by atoms with van der Waals surface area (Å²) < 4.78 is 5.67. The van der Waals surface area contributed by atoms with Crippen molar-refractivity contribution in [1.29, 1.82) is 0 Å². The van der Waals surface area contributed by atoms with Crippen molar-refractivity contribution in [3.05, 3.63) is 0 Å². The summed E-state index contributed by atoms with van der Waals surface area (Å²) in [6.45, 7) is 9.83. The van der Waals surface area contributed by atoms with Gasteiger partial charge in [0, 0.05) is 39.2 Å². The van der Waals surface area contributed by atoms with Crippen LogP contribution in [-0.2, 0) is 9.53 Å². The molecule has 0 saturated heterocycles. The van der Waals surface area contributed by atoms with E-state index >= 15 is 0 Å². The molecule has 0 bridgehead atoms. The van der Waals surface area contributed by atoms with E-state index in [2.05, 4.69) is 27.4 Å². The third-order valence-corrected chi connectivity index (χ3v) is 3.94. The molecular weight excluding hydrogens is 292 g/mol. The smallest absolute Gasteiger partial charge is 0.222 e. The highest BCUT2D eigenvalue weighted by Crippen LogP contribution is 2.28. The third-order valence-electron chi connectivity index (χ3n) is 3.94. The van der Waals surface area contributed by atoms with Crippen molar-refractivity contribution in [2.75, 3.05) is 39.9 Å². The van der Waals surface area contributed by atoms with Crippen molar-refractivity contribution in [2.45, 2.75) is 52.5 Å². The minimum Gasteiger partial charge on any atom is -0.379 e. The summed E-state index contributed by atoms with van der Waals surface area (Å²) in [4.78, 5) is 18.4. The summed E-state index contributed by atoms with van der Waals surface area (Å²) in [7, 11) is 2.00. The van der Waals surface area contributed by atoms with Crippen molar-refractivity contribution < 1.29 is 9.53 Å². The van der Waals surface area contributed by atoms with Gasteiger partial charge in [0.15, 0.2) is 5.96 Å². The Kier molecular flexibility index (Phi) is 9.67. The summed E-state index contributed by atoms with van der Waals surface area (Å²) in [6, 6.07) is 0.228. The van der Waals surface area contributed by atoms with Gasteiger partial charge in [-0.2, -0.15) is 0 Å². The van der Waals surface area contributed by atoms with Gasteiger partial charge < -0.3 is 20.3 Å². The van der Waals surface area contributed by atoms with Crippen LogP contribution in [-0.4, -0.2) is 62.7 Å². The lowest BCUT2D eigenvalue weighted by atomic mass is 10.2. The van der Waals surface area contributed by atoms with E-state index in [-0.39, 0.29) is 11.9 Å². The molecule has 0 heterocycles. The molecule has 1 saturated carbocycles. The number of hydrogen-bond donors (Lipinski definition) is 2. The van der Waals surface area contributed by atoms with Crippen LogP contribution in [0, 0.1) is 5.92 Å². The Hall–Kier alpha value is -1.30. The maximum atomic E-state index is 11.8. The predicted molar refractivity (Wildman–Crippen MR) is 94.7 cm³/mol. The highest BCUT2D eigenvalue weighted by molar-refractivity contribution is 5.80. The second-order valence-corrected chi connectivity index (χ2v) is 6.30. The number of likely N-dealkylation sites (N-methyl/N-ethyl adjacent to an activating group) is 1. The van der Waals surface area contributed by atoms with Crippen LogP contribution in [0.25, 0.3) is 0 Å². The number of guanidine groups is 1. The molecule has 1 atom stereocenters. The van der Waals surface area contributed by atoms with E-state index in [1.807, 2.05) is 20.9 Å². The fourth-order valence-electron chi connectivity index (χ4n) is 2.02. The highest BCUT2D eigenvalue weighted by Gasteiger charge is 2.21. The molecule has 134 valence electrons. The molecule has 0 aromatic carbocycles. The van der Waals surface area contributed by atoms with E-state index in [4.69, 9.17) is 4.74 Å². The summed E-state index contributed by atoms with van der Waals surface area (Å²) in [5.41, 5.74) is 0. The highest BCUT2D eigenvalue weighted by atomic mass is 16.5. The molecule has 0 radical (unpaired) electrons. The molecule has 1 fully saturated rings. The molecule has 1 rings (SSSR count). The number of amides is 1. The second kappa shape index (κ2) is 11.3. The van der Waals surface area contributed by atoms with E-state index in [9.17, 15) is 4.79 Å². The number of carbonyl (C=O) groups is 1. The lowest BCUT2D eigenvalue weighted by Crippen LogP contribution is -2.41.